The van der Waals surface area contributed by atoms with Crippen LogP contribution in [-0.4, -0.2) is 46.6 Å². The molecule has 0 N–H and O–H groups in total. The normalized spacial score (nSPS) is 17.7. The van der Waals surface area contributed by atoms with Crippen molar-refractivity contribution in [2.75, 3.05) is 19.7 Å². The van der Waals surface area contributed by atoms with Crippen molar-refractivity contribution in [3.8, 4) is 0 Å². The Bertz CT molecular complexity index is 658. The maximum Gasteiger partial charge on any atom is 0.274 e. The van der Waals surface area contributed by atoms with E-state index in [1.165, 1.54) is 5.56 Å². The van der Waals surface area contributed by atoms with E-state index in [-0.39, 0.29) is 12.0 Å². The number of aryl methyl sites for hydroxylation is 2. The highest BCUT2D eigenvalue weighted by Gasteiger charge is 2.25. The predicted molar refractivity (Wildman–Crippen MR) is 91.8 cm³/mol. The summed E-state index contributed by atoms with van der Waals surface area (Å²) in [5.74, 6) is -0.0566. The van der Waals surface area contributed by atoms with E-state index < -0.39 is 0 Å². The van der Waals surface area contributed by atoms with Gasteiger partial charge in [-0.15, -0.1) is 0 Å². The molecule has 1 fully saturated rings. The lowest BCUT2D eigenvalue weighted by Crippen LogP contribution is -2.45. The fraction of sp³-hybridized carbons (Fsp3) is 0.421. The molecule has 1 aromatic carbocycles. The fourth-order valence-electron chi connectivity index (χ4n) is 2.92. The van der Waals surface area contributed by atoms with Crippen molar-refractivity contribution in [1.29, 1.82) is 0 Å². The maximum atomic E-state index is 12.5. The van der Waals surface area contributed by atoms with E-state index in [4.69, 9.17) is 4.74 Å². The van der Waals surface area contributed by atoms with Crippen LogP contribution >= 0.6 is 0 Å². The Labute approximate surface area is 142 Å². The van der Waals surface area contributed by atoms with Crippen molar-refractivity contribution in [2.45, 2.75) is 32.3 Å². The van der Waals surface area contributed by atoms with Crippen LogP contribution in [0.5, 0.6) is 0 Å². The van der Waals surface area contributed by atoms with Crippen LogP contribution in [0, 0.1) is 6.92 Å². The van der Waals surface area contributed by atoms with Crippen LogP contribution in [0.25, 0.3) is 0 Å². The third-order valence-corrected chi connectivity index (χ3v) is 4.26. The monoisotopic (exact) mass is 325 g/mol. The smallest absolute Gasteiger partial charge is 0.274 e. The molecule has 2 aromatic rings. The zero-order valence-corrected chi connectivity index (χ0v) is 14.0. The molecule has 1 saturated heterocycles. The van der Waals surface area contributed by atoms with Gasteiger partial charge in [0.2, 0.25) is 0 Å². The van der Waals surface area contributed by atoms with Crippen LogP contribution in [0.3, 0.4) is 0 Å². The molecule has 5 nitrogen and oxygen atoms in total. The number of carbonyl (C=O) groups excluding carboxylic acids is 1. The molecule has 5 heteroatoms. The standard InChI is InChI=1S/C19H23N3O2/c1-15-12-21-18(13-20-15)19(23)22-10-11-24-17(14-22)9-5-8-16-6-3-2-4-7-16/h2-4,6-7,12-13,17H,5,8-11,14H2,1H3/t17-/m0/s1. The summed E-state index contributed by atoms with van der Waals surface area (Å²) in [4.78, 5) is 22.7. The van der Waals surface area contributed by atoms with Crippen LogP contribution < -0.4 is 0 Å². The summed E-state index contributed by atoms with van der Waals surface area (Å²) in [5.41, 5.74) is 2.56. The Kier molecular flexibility index (Phi) is 5.54. The molecule has 0 spiro atoms. The highest BCUT2D eigenvalue weighted by atomic mass is 16.5. The zero-order chi connectivity index (χ0) is 16.8. The van der Waals surface area contributed by atoms with E-state index in [1.807, 2.05) is 17.9 Å². The number of aromatic nitrogens is 2. The van der Waals surface area contributed by atoms with Gasteiger partial charge >= 0.3 is 0 Å². The summed E-state index contributed by atoms with van der Waals surface area (Å²) in [6.45, 7) is 3.69. The van der Waals surface area contributed by atoms with Crippen LogP contribution in [0.2, 0.25) is 0 Å². The summed E-state index contributed by atoms with van der Waals surface area (Å²) < 4.78 is 5.82. The molecule has 1 amide bonds. The summed E-state index contributed by atoms with van der Waals surface area (Å²) in [6.07, 6.45) is 6.34. The number of morpholine rings is 1. The van der Waals surface area contributed by atoms with Gasteiger partial charge in [0.1, 0.15) is 5.69 Å². The average Bonchev–Trinajstić information content (AvgIpc) is 2.63. The first kappa shape index (κ1) is 16.6. The minimum atomic E-state index is -0.0566. The second-order valence-corrected chi connectivity index (χ2v) is 6.16. The maximum absolute atomic E-state index is 12.5. The molecule has 126 valence electrons. The van der Waals surface area contributed by atoms with E-state index in [2.05, 4.69) is 34.2 Å². The third-order valence-electron chi connectivity index (χ3n) is 4.26. The molecule has 0 unspecified atom stereocenters. The number of benzene rings is 1. The Morgan fingerprint density at radius 3 is 2.83 bits per heavy atom. The van der Waals surface area contributed by atoms with Crippen molar-refractivity contribution >= 4 is 5.91 Å². The topological polar surface area (TPSA) is 55.3 Å². The first-order chi connectivity index (χ1) is 11.7. The van der Waals surface area contributed by atoms with Gasteiger partial charge in [0.05, 0.1) is 24.6 Å². The first-order valence-corrected chi connectivity index (χ1v) is 8.46. The van der Waals surface area contributed by atoms with Crippen molar-refractivity contribution in [2.24, 2.45) is 0 Å². The zero-order valence-electron chi connectivity index (χ0n) is 14.0. The van der Waals surface area contributed by atoms with E-state index in [0.29, 0.717) is 25.4 Å². The van der Waals surface area contributed by atoms with Gasteiger partial charge in [0.25, 0.3) is 5.91 Å². The molecule has 2 heterocycles. The van der Waals surface area contributed by atoms with Gasteiger partial charge in [-0.05, 0) is 31.7 Å². The lowest BCUT2D eigenvalue weighted by Gasteiger charge is -2.32. The molecule has 3 rings (SSSR count). The molecule has 0 saturated carbocycles. The lowest BCUT2D eigenvalue weighted by atomic mass is 10.0. The molecule has 1 atom stereocenters. The number of ether oxygens (including phenoxy) is 1. The number of amides is 1. The third kappa shape index (κ3) is 4.38. The highest BCUT2D eigenvalue weighted by molar-refractivity contribution is 5.92. The molecule has 0 radical (unpaired) electrons. The Morgan fingerprint density at radius 1 is 1.25 bits per heavy atom. The average molecular weight is 325 g/mol. The van der Waals surface area contributed by atoms with Crippen molar-refractivity contribution in [1.82, 2.24) is 14.9 Å². The van der Waals surface area contributed by atoms with E-state index >= 15 is 0 Å². The Morgan fingerprint density at radius 2 is 2.08 bits per heavy atom. The lowest BCUT2D eigenvalue weighted by molar-refractivity contribution is -0.0257. The van der Waals surface area contributed by atoms with E-state index in [1.54, 1.807) is 12.4 Å². The number of hydrogen-bond acceptors (Lipinski definition) is 4. The second-order valence-electron chi connectivity index (χ2n) is 6.16. The van der Waals surface area contributed by atoms with Crippen LogP contribution in [0.15, 0.2) is 42.7 Å². The summed E-state index contributed by atoms with van der Waals surface area (Å²) in [7, 11) is 0. The summed E-state index contributed by atoms with van der Waals surface area (Å²) in [6, 6.07) is 10.5. The summed E-state index contributed by atoms with van der Waals surface area (Å²) in [5, 5.41) is 0. The number of hydrogen-bond donors (Lipinski definition) is 0. The van der Waals surface area contributed by atoms with Gasteiger partial charge in [-0.25, -0.2) is 4.98 Å². The fourth-order valence-corrected chi connectivity index (χ4v) is 2.92. The molecular formula is C19H23N3O2. The Hall–Kier alpha value is -2.27. The van der Waals surface area contributed by atoms with Gasteiger partial charge in [-0.3, -0.25) is 9.78 Å². The molecule has 1 aliphatic heterocycles. The van der Waals surface area contributed by atoms with Gasteiger partial charge in [-0.2, -0.15) is 0 Å². The van der Waals surface area contributed by atoms with E-state index in [0.717, 1.165) is 25.0 Å². The van der Waals surface area contributed by atoms with Gasteiger partial charge in [0, 0.05) is 19.3 Å². The van der Waals surface area contributed by atoms with Crippen molar-refractivity contribution in [3.63, 3.8) is 0 Å². The minimum Gasteiger partial charge on any atom is -0.375 e. The second kappa shape index (κ2) is 8.02. The van der Waals surface area contributed by atoms with Gasteiger partial charge < -0.3 is 9.64 Å². The van der Waals surface area contributed by atoms with E-state index in [9.17, 15) is 4.79 Å². The number of carbonyl (C=O) groups is 1. The van der Waals surface area contributed by atoms with Crippen LogP contribution in [0.4, 0.5) is 0 Å². The van der Waals surface area contributed by atoms with Crippen molar-refractivity contribution < 1.29 is 9.53 Å². The summed E-state index contributed by atoms with van der Waals surface area (Å²) >= 11 is 0. The quantitative estimate of drug-likeness (QED) is 0.848. The van der Waals surface area contributed by atoms with Crippen LogP contribution in [-0.2, 0) is 11.2 Å². The molecule has 1 aromatic heterocycles. The molecular weight excluding hydrogens is 302 g/mol. The van der Waals surface area contributed by atoms with Gasteiger partial charge in [-0.1, -0.05) is 30.3 Å². The van der Waals surface area contributed by atoms with Crippen molar-refractivity contribution in [3.05, 3.63) is 59.7 Å². The van der Waals surface area contributed by atoms with Gasteiger partial charge in [0.15, 0.2) is 0 Å². The Balaban J connectivity index is 1.50. The van der Waals surface area contributed by atoms with Crippen LogP contribution in [0.1, 0.15) is 34.6 Å². The number of rotatable bonds is 5. The predicted octanol–water partition coefficient (Wildman–Crippen LogP) is 2.65. The largest absolute Gasteiger partial charge is 0.375 e. The number of nitrogens with zero attached hydrogens (tertiary/aromatic N) is 3. The molecule has 1 aliphatic rings. The SMILES string of the molecule is Cc1cnc(C(=O)N2CCO[C@@H](CCCc3ccccc3)C2)cn1. The highest BCUT2D eigenvalue weighted by Crippen LogP contribution is 2.15. The molecule has 0 bridgehead atoms. The minimum absolute atomic E-state index is 0.0566. The molecule has 24 heavy (non-hydrogen) atoms. The molecule has 0 aliphatic carbocycles. The first-order valence-electron chi connectivity index (χ1n) is 8.46.